The van der Waals surface area contributed by atoms with E-state index >= 15 is 0 Å². The molecule has 12 heavy (non-hydrogen) atoms. The van der Waals surface area contributed by atoms with Crippen LogP contribution < -0.4 is 0 Å². The third-order valence-electron chi connectivity index (χ3n) is 1.31. The SMILES string of the molecule is CN(CC#N)C(=O)c1cscn1. The summed E-state index contributed by atoms with van der Waals surface area (Å²) in [4.78, 5) is 16.5. The Bertz CT molecular complexity index is 301. The second-order valence-electron chi connectivity index (χ2n) is 2.19. The molecule has 0 unspecified atom stereocenters. The molecule has 1 amide bonds. The Morgan fingerprint density at radius 2 is 2.67 bits per heavy atom. The van der Waals surface area contributed by atoms with Crippen molar-refractivity contribution >= 4 is 17.2 Å². The van der Waals surface area contributed by atoms with E-state index in [1.165, 1.54) is 16.2 Å². The molecule has 1 aromatic rings. The molecule has 4 nitrogen and oxygen atoms in total. The quantitative estimate of drug-likeness (QED) is 0.632. The van der Waals surface area contributed by atoms with E-state index in [1.807, 2.05) is 6.07 Å². The van der Waals surface area contributed by atoms with Crippen molar-refractivity contribution in [2.75, 3.05) is 13.6 Å². The van der Waals surface area contributed by atoms with Gasteiger partial charge in [-0.05, 0) is 0 Å². The number of hydrogen-bond acceptors (Lipinski definition) is 4. The maximum atomic E-state index is 11.3. The van der Waals surface area contributed by atoms with Crippen LogP contribution in [-0.4, -0.2) is 29.4 Å². The Kier molecular flexibility index (Phi) is 2.77. The fourth-order valence-electron chi connectivity index (χ4n) is 0.692. The van der Waals surface area contributed by atoms with Crippen LogP contribution in [0.4, 0.5) is 0 Å². The van der Waals surface area contributed by atoms with E-state index in [2.05, 4.69) is 4.98 Å². The number of nitrogens with zero attached hydrogens (tertiary/aromatic N) is 3. The number of nitriles is 1. The molecule has 0 aliphatic carbocycles. The molecule has 0 aliphatic rings. The summed E-state index contributed by atoms with van der Waals surface area (Å²) in [5, 5.41) is 9.98. The highest BCUT2D eigenvalue weighted by Gasteiger charge is 2.11. The van der Waals surface area contributed by atoms with Crippen LogP contribution in [0.15, 0.2) is 10.9 Å². The lowest BCUT2D eigenvalue weighted by Crippen LogP contribution is -2.27. The first-order valence-corrected chi connectivity index (χ1v) is 4.20. The van der Waals surface area contributed by atoms with Gasteiger partial charge in [0.25, 0.3) is 5.91 Å². The molecule has 0 atom stereocenters. The minimum atomic E-state index is -0.210. The molecule has 1 rings (SSSR count). The number of rotatable bonds is 2. The van der Waals surface area contributed by atoms with Gasteiger partial charge in [0, 0.05) is 12.4 Å². The van der Waals surface area contributed by atoms with E-state index in [0.717, 1.165) is 0 Å². The van der Waals surface area contributed by atoms with Gasteiger partial charge in [-0.25, -0.2) is 4.98 Å². The zero-order chi connectivity index (χ0) is 8.97. The molecule has 0 N–H and O–H groups in total. The minimum absolute atomic E-state index is 0.0936. The Hall–Kier alpha value is -1.41. The molecule has 1 aromatic heterocycles. The van der Waals surface area contributed by atoms with Crippen molar-refractivity contribution in [2.45, 2.75) is 0 Å². The van der Waals surface area contributed by atoms with Crippen molar-refractivity contribution in [3.05, 3.63) is 16.6 Å². The molecule has 5 heteroatoms. The minimum Gasteiger partial charge on any atom is -0.327 e. The molecular weight excluding hydrogens is 174 g/mol. The second kappa shape index (κ2) is 3.83. The molecule has 0 bridgehead atoms. The summed E-state index contributed by atoms with van der Waals surface area (Å²) < 4.78 is 0. The predicted octanol–water partition coefficient (Wildman–Crippen LogP) is 0.739. The van der Waals surface area contributed by atoms with Crippen LogP contribution >= 0.6 is 11.3 Å². The van der Waals surface area contributed by atoms with E-state index < -0.39 is 0 Å². The fourth-order valence-corrected chi connectivity index (χ4v) is 1.22. The van der Waals surface area contributed by atoms with E-state index in [1.54, 1.807) is 17.9 Å². The van der Waals surface area contributed by atoms with Gasteiger partial charge in [0.2, 0.25) is 0 Å². The van der Waals surface area contributed by atoms with Crippen molar-refractivity contribution in [1.29, 1.82) is 5.26 Å². The van der Waals surface area contributed by atoms with Crippen molar-refractivity contribution in [1.82, 2.24) is 9.88 Å². The summed E-state index contributed by atoms with van der Waals surface area (Å²) in [6, 6.07) is 1.89. The number of hydrogen-bond donors (Lipinski definition) is 0. The molecule has 0 saturated heterocycles. The van der Waals surface area contributed by atoms with Gasteiger partial charge in [-0.15, -0.1) is 11.3 Å². The van der Waals surface area contributed by atoms with Crippen LogP contribution in [0.5, 0.6) is 0 Å². The highest BCUT2D eigenvalue weighted by molar-refractivity contribution is 7.07. The van der Waals surface area contributed by atoms with E-state index in [4.69, 9.17) is 5.26 Å². The maximum Gasteiger partial charge on any atom is 0.273 e. The highest BCUT2D eigenvalue weighted by Crippen LogP contribution is 2.03. The van der Waals surface area contributed by atoms with Crippen LogP contribution in [0.3, 0.4) is 0 Å². The Labute approximate surface area is 74.1 Å². The molecule has 62 valence electrons. The summed E-state index contributed by atoms with van der Waals surface area (Å²) in [5.41, 5.74) is 1.99. The lowest BCUT2D eigenvalue weighted by Gasteiger charge is -2.09. The van der Waals surface area contributed by atoms with Gasteiger partial charge in [-0.1, -0.05) is 0 Å². The van der Waals surface area contributed by atoms with Gasteiger partial charge >= 0.3 is 0 Å². The number of carbonyl (C=O) groups is 1. The topological polar surface area (TPSA) is 57.0 Å². The Morgan fingerprint density at radius 1 is 1.92 bits per heavy atom. The van der Waals surface area contributed by atoms with Crippen LogP contribution in [0.25, 0.3) is 0 Å². The maximum absolute atomic E-state index is 11.3. The summed E-state index contributed by atoms with van der Waals surface area (Å²) in [6.45, 7) is 0.0936. The smallest absolute Gasteiger partial charge is 0.273 e. The standard InChI is InChI=1S/C7H7N3OS/c1-10(3-2-8)7(11)6-4-12-5-9-6/h4-5H,3H2,1H3. The highest BCUT2D eigenvalue weighted by atomic mass is 32.1. The summed E-state index contributed by atoms with van der Waals surface area (Å²) in [7, 11) is 1.57. The normalized spacial score (nSPS) is 9.00. The average molecular weight is 181 g/mol. The number of carbonyl (C=O) groups excluding carboxylic acids is 1. The second-order valence-corrected chi connectivity index (χ2v) is 2.91. The summed E-state index contributed by atoms with van der Waals surface area (Å²) in [6.07, 6.45) is 0. The molecular formula is C7H7N3OS. The molecule has 0 aliphatic heterocycles. The zero-order valence-electron chi connectivity index (χ0n) is 6.52. The third kappa shape index (κ3) is 1.80. The van der Waals surface area contributed by atoms with Gasteiger partial charge in [-0.2, -0.15) is 5.26 Å². The van der Waals surface area contributed by atoms with Crippen molar-refractivity contribution in [3.63, 3.8) is 0 Å². The van der Waals surface area contributed by atoms with Gasteiger partial charge in [0.1, 0.15) is 12.2 Å². The molecule has 0 radical (unpaired) electrons. The molecule has 0 saturated carbocycles. The third-order valence-corrected chi connectivity index (χ3v) is 1.89. The predicted molar refractivity (Wildman–Crippen MR) is 44.7 cm³/mol. The lowest BCUT2D eigenvalue weighted by molar-refractivity contribution is 0.0807. The summed E-state index contributed by atoms with van der Waals surface area (Å²) in [5.74, 6) is -0.210. The first-order chi connectivity index (χ1) is 5.75. The Morgan fingerprint density at radius 3 is 3.17 bits per heavy atom. The fraction of sp³-hybridized carbons (Fsp3) is 0.286. The molecule has 0 aromatic carbocycles. The van der Waals surface area contributed by atoms with Crippen molar-refractivity contribution < 1.29 is 4.79 Å². The summed E-state index contributed by atoms with van der Waals surface area (Å²) >= 11 is 1.36. The number of aromatic nitrogens is 1. The lowest BCUT2D eigenvalue weighted by atomic mass is 10.4. The van der Waals surface area contributed by atoms with E-state index in [-0.39, 0.29) is 12.5 Å². The number of thiazole rings is 1. The van der Waals surface area contributed by atoms with Crippen LogP contribution in [-0.2, 0) is 0 Å². The largest absolute Gasteiger partial charge is 0.327 e. The first-order valence-electron chi connectivity index (χ1n) is 3.26. The van der Waals surface area contributed by atoms with Crippen LogP contribution in [0.1, 0.15) is 10.5 Å². The van der Waals surface area contributed by atoms with Gasteiger partial charge in [0.15, 0.2) is 0 Å². The van der Waals surface area contributed by atoms with Crippen molar-refractivity contribution in [2.24, 2.45) is 0 Å². The van der Waals surface area contributed by atoms with Crippen LogP contribution in [0, 0.1) is 11.3 Å². The molecule has 0 fully saturated rings. The average Bonchev–Trinajstić information content (AvgIpc) is 2.55. The zero-order valence-corrected chi connectivity index (χ0v) is 7.34. The van der Waals surface area contributed by atoms with Gasteiger partial charge < -0.3 is 4.90 Å². The number of amides is 1. The van der Waals surface area contributed by atoms with Gasteiger partial charge in [0.05, 0.1) is 11.6 Å². The van der Waals surface area contributed by atoms with E-state index in [0.29, 0.717) is 5.69 Å². The van der Waals surface area contributed by atoms with Crippen LogP contribution in [0.2, 0.25) is 0 Å². The van der Waals surface area contributed by atoms with Crippen molar-refractivity contribution in [3.8, 4) is 6.07 Å². The van der Waals surface area contributed by atoms with Gasteiger partial charge in [-0.3, -0.25) is 4.79 Å². The molecule has 1 heterocycles. The Balaban J connectivity index is 2.67. The monoisotopic (exact) mass is 181 g/mol. The first kappa shape index (κ1) is 8.68. The molecule has 0 spiro atoms. The van der Waals surface area contributed by atoms with E-state index in [9.17, 15) is 4.79 Å².